The van der Waals surface area contributed by atoms with Crippen molar-refractivity contribution >= 4 is 17.2 Å². The second-order valence-corrected chi connectivity index (χ2v) is 6.52. The number of hydrogen-bond donors (Lipinski definition) is 2. The van der Waals surface area contributed by atoms with Crippen LogP contribution in [0.4, 0.5) is 0 Å². The van der Waals surface area contributed by atoms with E-state index in [1.54, 1.807) is 11.3 Å². The van der Waals surface area contributed by atoms with E-state index < -0.39 is 0 Å². The number of nitrogens with two attached hydrogens (primary N) is 1. The topological polar surface area (TPSA) is 55.1 Å². The van der Waals surface area contributed by atoms with Gasteiger partial charge in [0.1, 0.15) is 0 Å². The first kappa shape index (κ1) is 13.6. The molecule has 1 aliphatic carbocycles. The van der Waals surface area contributed by atoms with E-state index >= 15 is 0 Å². The Morgan fingerprint density at radius 1 is 1.61 bits per heavy atom. The lowest BCUT2D eigenvalue weighted by molar-refractivity contribution is -0.125. The van der Waals surface area contributed by atoms with Crippen LogP contribution in [0.3, 0.4) is 0 Å². The van der Waals surface area contributed by atoms with Crippen LogP contribution < -0.4 is 11.1 Å². The molecule has 3 nitrogen and oxygen atoms in total. The minimum Gasteiger partial charge on any atom is -0.353 e. The van der Waals surface area contributed by atoms with Gasteiger partial charge in [-0.2, -0.15) is 0 Å². The molecule has 1 amide bonds. The van der Waals surface area contributed by atoms with Crippen molar-refractivity contribution in [3.8, 4) is 0 Å². The second-order valence-electron chi connectivity index (χ2n) is 5.49. The molecule has 100 valence electrons. The van der Waals surface area contributed by atoms with E-state index in [1.807, 2.05) is 6.07 Å². The van der Waals surface area contributed by atoms with E-state index in [9.17, 15) is 4.79 Å². The van der Waals surface area contributed by atoms with Crippen molar-refractivity contribution in [2.45, 2.75) is 45.1 Å². The molecule has 1 aromatic rings. The molecule has 1 saturated carbocycles. The zero-order chi connectivity index (χ0) is 13.0. The summed E-state index contributed by atoms with van der Waals surface area (Å²) < 4.78 is 0. The van der Waals surface area contributed by atoms with Crippen LogP contribution in [0.15, 0.2) is 17.5 Å². The Balaban J connectivity index is 1.76. The van der Waals surface area contributed by atoms with Crippen LogP contribution in [0.25, 0.3) is 0 Å². The second kappa shape index (κ2) is 5.85. The number of hydrogen-bond acceptors (Lipinski definition) is 3. The number of thiophene rings is 1. The first-order valence-electron chi connectivity index (χ1n) is 6.65. The predicted octanol–water partition coefficient (Wildman–Crippen LogP) is 2.31. The number of rotatable bonds is 6. The van der Waals surface area contributed by atoms with Gasteiger partial charge in [-0.1, -0.05) is 12.5 Å². The van der Waals surface area contributed by atoms with E-state index in [-0.39, 0.29) is 17.4 Å². The van der Waals surface area contributed by atoms with Gasteiger partial charge in [-0.3, -0.25) is 4.79 Å². The van der Waals surface area contributed by atoms with E-state index in [1.165, 1.54) is 11.3 Å². The SMILES string of the molecule is CC(Cc1cccs1)NC(=O)CC1(CN)CCC1. The summed E-state index contributed by atoms with van der Waals surface area (Å²) in [4.78, 5) is 13.3. The van der Waals surface area contributed by atoms with Crippen LogP contribution in [0.5, 0.6) is 0 Å². The first-order chi connectivity index (χ1) is 8.63. The van der Waals surface area contributed by atoms with Crippen LogP contribution in [0, 0.1) is 5.41 Å². The molecule has 1 unspecified atom stereocenters. The van der Waals surface area contributed by atoms with Crippen molar-refractivity contribution in [2.75, 3.05) is 6.54 Å². The van der Waals surface area contributed by atoms with E-state index in [4.69, 9.17) is 5.73 Å². The summed E-state index contributed by atoms with van der Waals surface area (Å²) in [6.45, 7) is 2.70. The molecule has 1 fully saturated rings. The smallest absolute Gasteiger partial charge is 0.220 e. The summed E-state index contributed by atoms with van der Waals surface area (Å²) in [5.41, 5.74) is 5.88. The van der Waals surface area contributed by atoms with Crippen LogP contribution in [0.1, 0.15) is 37.5 Å². The molecule has 0 spiro atoms. The average molecular weight is 266 g/mol. The summed E-state index contributed by atoms with van der Waals surface area (Å²) >= 11 is 1.74. The zero-order valence-electron chi connectivity index (χ0n) is 10.9. The zero-order valence-corrected chi connectivity index (χ0v) is 11.8. The number of amides is 1. The van der Waals surface area contributed by atoms with Crippen LogP contribution in [0.2, 0.25) is 0 Å². The monoisotopic (exact) mass is 266 g/mol. The molecule has 0 bridgehead atoms. The van der Waals surface area contributed by atoms with Gasteiger partial charge in [-0.05, 0) is 43.2 Å². The lowest BCUT2D eigenvalue weighted by Crippen LogP contribution is -2.44. The number of carbonyl (C=O) groups excluding carboxylic acids is 1. The number of nitrogens with one attached hydrogen (secondary N) is 1. The highest BCUT2D eigenvalue weighted by Crippen LogP contribution is 2.42. The van der Waals surface area contributed by atoms with Crippen molar-refractivity contribution < 1.29 is 4.79 Å². The minimum absolute atomic E-state index is 0.104. The van der Waals surface area contributed by atoms with Crippen LogP contribution in [-0.4, -0.2) is 18.5 Å². The Morgan fingerprint density at radius 2 is 2.39 bits per heavy atom. The predicted molar refractivity (Wildman–Crippen MR) is 75.6 cm³/mol. The van der Waals surface area contributed by atoms with Crippen molar-refractivity contribution in [2.24, 2.45) is 11.1 Å². The molecule has 18 heavy (non-hydrogen) atoms. The van der Waals surface area contributed by atoms with Gasteiger partial charge in [0.2, 0.25) is 5.91 Å². The third kappa shape index (κ3) is 3.33. The summed E-state index contributed by atoms with van der Waals surface area (Å²) in [5.74, 6) is 0.157. The molecule has 0 aliphatic heterocycles. The highest BCUT2D eigenvalue weighted by Gasteiger charge is 2.37. The third-order valence-corrected chi connectivity index (χ3v) is 4.78. The first-order valence-corrected chi connectivity index (χ1v) is 7.53. The van der Waals surface area contributed by atoms with E-state index in [0.717, 1.165) is 19.3 Å². The number of carbonyl (C=O) groups is 1. The fourth-order valence-corrected chi connectivity index (χ4v) is 3.41. The summed E-state index contributed by atoms with van der Waals surface area (Å²) in [5, 5.41) is 5.16. The van der Waals surface area contributed by atoms with Crippen molar-refractivity contribution in [3.63, 3.8) is 0 Å². The molecule has 0 radical (unpaired) electrons. The molecular formula is C14H22N2OS. The molecular weight excluding hydrogens is 244 g/mol. The quantitative estimate of drug-likeness (QED) is 0.830. The summed E-state index contributed by atoms with van der Waals surface area (Å²) in [7, 11) is 0. The van der Waals surface area contributed by atoms with Gasteiger partial charge in [0, 0.05) is 23.8 Å². The minimum atomic E-state index is 0.104. The van der Waals surface area contributed by atoms with Gasteiger partial charge in [-0.25, -0.2) is 0 Å². The average Bonchev–Trinajstić information content (AvgIpc) is 2.75. The highest BCUT2D eigenvalue weighted by atomic mass is 32.1. The van der Waals surface area contributed by atoms with Crippen molar-refractivity contribution in [1.82, 2.24) is 5.32 Å². The van der Waals surface area contributed by atoms with Gasteiger partial charge in [0.25, 0.3) is 0 Å². The molecule has 4 heteroatoms. The lowest BCUT2D eigenvalue weighted by Gasteiger charge is -2.40. The van der Waals surface area contributed by atoms with Crippen LogP contribution >= 0.6 is 11.3 Å². The maximum atomic E-state index is 12.0. The maximum Gasteiger partial charge on any atom is 0.220 e. The normalized spacial score (nSPS) is 19.0. The Bertz CT molecular complexity index is 379. The Labute approximate surface area is 113 Å². The molecule has 0 aromatic carbocycles. The summed E-state index contributed by atoms with van der Waals surface area (Å²) in [6.07, 6.45) is 4.94. The Kier molecular flexibility index (Phi) is 4.40. The third-order valence-electron chi connectivity index (χ3n) is 3.88. The largest absolute Gasteiger partial charge is 0.353 e. The molecule has 1 atom stereocenters. The molecule has 1 heterocycles. The van der Waals surface area contributed by atoms with Gasteiger partial charge >= 0.3 is 0 Å². The molecule has 1 aliphatic rings. The molecule has 0 saturated heterocycles. The highest BCUT2D eigenvalue weighted by molar-refractivity contribution is 7.09. The van der Waals surface area contributed by atoms with Gasteiger partial charge in [0.05, 0.1) is 0 Å². The van der Waals surface area contributed by atoms with E-state index in [2.05, 4.69) is 23.7 Å². The van der Waals surface area contributed by atoms with Gasteiger partial charge in [-0.15, -0.1) is 11.3 Å². The van der Waals surface area contributed by atoms with Gasteiger partial charge < -0.3 is 11.1 Å². The fraction of sp³-hybridized carbons (Fsp3) is 0.643. The fourth-order valence-electron chi connectivity index (χ4n) is 2.58. The summed E-state index contributed by atoms with van der Waals surface area (Å²) in [6, 6.07) is 4.36. The standard InChI is InChI=1S/C14H22N2OS/c1-11(8-12-4-2-7-18-12)16-13(17)9-14(10-15)5-3-6-14/h2,4,7,11H,3,5-6,8-10,15H2,1H3,(H,16,17). The maximum absolute atomic E-state index is 12.0. The van der Waals surface area contributed by atoms with E-state index in [0.29, 0.717) is 13.0 Å². The van der Waals surface area contributed by atoms with Crippen LogP contribution in [-0.2, 0) is 11.2 Å². The van der Waals surface area contributed by atoms with Crippen molar-refractivity contribution in [3.05, 3.63) is 22.4 Å². The lowest BCUT2D eigenvalue weighted by atomic mass is 9.66. The van der Waals surface area contributed by atoms with Crippen molar-refractivity contribution in [1.29, 1.82) is 0 Å². The molecule has 3 N–H and O–H groups in total. The van der Waals surface area contributed by atoms with Gasteiger partial charge in [0.15, 0.2) is 0 Å². The Morgan fingerprint density at radius 3 is 2.89 bits per heavy atom. The molecule has 1 aromatic heterocycles. The molecule has 2 rings (SSSR count). The Hall–Kier alpha value is -0.870.